The van der Waals surface area contributed by atoms with Crippen LogP contribution in [-0.4, -0.2) is 10.7 Å². The number of nitro groups is 1. The minimum absolute atomic E-state index is 0.132. The second-order valence-electron chi connectivity index (χ2n) is 4.59. The van der Waals surface area contributed by atoms with Crippen molar-refractivity contribution >= 4 is 22.2 Å². The third-order valence-electron chi connectivity index (χ3n) is 3.44. The van der Waals surface area contributed by atoms with Crippen molar-refractivity contribution in [2.75, 3.05) is 0 Å². The number of benzene rings is 2. The van der Waals surface area contributed by atoms with Crippen LogP contribution in [0.25, 0.3) is 10.8 Å². The number of hydrogen-bond donors (Lipinski definition) is 0. The SMILES string of the molecule is O=C1CCc2cc3c([N+](=O)[O-])cccc3cc2C1. The highest BCUT2D eigenvalue weighted by atomic mass is 16.6. The van der Waals surface area contributed by atoms with Crippen molar-refractivity contribution in [2.24, 2.45) is 0 Å². The fraction of sp³-hybridized carbons (Fsp3) is 0.214. The van der Waals surface area contributed by atoms with E-state index in [1.54, 1.807) is 6.07 Å². The summed E-state index contributed by atoms with van der Waals surface area (Å²) in [4.78, 5) is 22.1. The molecule has 0 radical (unpaired) electrons. The minimum atomic E-state index is -0.358. The van der Waals surface area contributed by atoms with Crippen LogP contribution in [0.1, 0.15) is 17.5 Å². The maximum Gasteiger partial charge on any atom is 0.277 e. The van der Waals surface area contributed by atoms with E-state index in [9.17, 15) is 14.9 Å². The van der Waals surface area contributed by atoms with Crippen LogP contribution in [0.5, 0.6) is 0 Å². The van der Waals surface area contributed by atoms with E-state index < -0.39 is 0 Å². The molecule has 2 aromatic carbocycles. The zero-order valence-corrected chi connectivity index (χ0v) is 9.68. The number of carbonyl (C=O) groups is 1. The Kier molecular flexibility index (Phi) is 2.37. The number of nitro benzene ring substituents is 1. The number of rotatable bonds is 1. The van der Waals surface area contributed by atoms with Gasteiger partial charge in [-0.2, -0.15) is 0 Å². The molecule has 0 bridgehead atoms. The van der Waals surface area contributed by atoms with E-state index in [-0.39, 0.29) is 16.4 Å². The first-order valence-electron chi connectivity index (χ1n) is 5.86. The molecule has 4 heteroatoms. The predicted molar refractivity (Wildman–Crippen MR) is 67.6 cm³/mol. The lowest BCUT2D eigenvalue weighted by Gasteiger charge is -2.15. The molecular formula is C14H11NO3. The van der Waals surface area contributed by atoms with E-state index in [1.165, 1.54) is 6.07 Å². The molecule has 0 saturated heterocycles. The number of aryl methyl sites for hydroxylation is 1. The Labute approximate surface area is 103 Å². The molecule has 1 aliphatic carbocycles. The fourth-order valence-electron chi connectivity index (χ4n) is 2.53. The van der Waals surface area contributed by atoms with Gasteiger partial charge in [0.2, 0.25) is 0 Å². The number of nitrogens with zero attached hydrogens (tertiary/aromatic N) is 1. The summed E-state index contributed by atoms with van der Waals surface area (Å²) < 4.78 is 0. The lowest BCUT2D eigenvalue weighted by Crippen LogP contribution is -2.13. The molecule has 0 fully saturated rings. The molecule has 0 N–H and O–H groups in total. The predicted octanol–water partition coefficient (Wildman–Crippen LogP) is 2.81. The lowest BCUT2D eigenvalue weighted by molar-refractivity contribution is -0.383. The van der Waals surface area contributed by atoms with E-state index in [2.05, 4.69) is 0 Å². The summed E-state index contributed by atoms with van der Waals surface area (Å²) in [5.41, 5.74) is 2.21. The van der Waals surface area contributed by atoms with Gasteiger partial charge in [-0.05, 0) is 29.0 Å². The monoisotopic (exact) mass is 241 g/mol. The van der Waals surface area contributed by atoms with E-state index in [1.807, 2.05) is 18.2 Å². The van der Waals surface area contributed by atoms with Crippen molar-refractivity contribution in [1.29, 1.82) is 0 Å². The van der Waals surface area contributed by atoms with Crippen molar-refractivity contribution in [2.45, 2.75) is 19.3 Å². The first-order chi connectivity index (χ1) is 8.65. The summed E-state index contributed by atoms with van der Waals surface area (Å²) in [7, 11) is 0. The van der Waals surface area contributed by atoms with Crippen LogP contribution in [-0.2, 0) is 17.6 Å². The zero-order valence-electron chi connectivity index (χ0n) is 9.68. The molecule has 3 rings (SSSR count). The summed E-state index contributed by atoms with van der Waals surface area (Å²) in [6, 6.07) is 8.83. The molecule has 0 spiro atoms. The molecule has 1 aliphatic rings. The first kappa shape index (κ1) is 10.9. The van der Waals surface area contributed by atoms with Gasteiger partial charge >= 0.3 is 0 Å². The minimum Gasteiger partial charge on any atom is -0.299 e. The molecule has 0 heterocycles. The smallest absolute Gasteiger partial charge is 0.277 e. The van der Waals surface area contributed by atoms with E-state index >= 15 is 0 Å². The summed E-state index contributed by atoms with van der Waals surface area (Å²) in [6.07, 6.45) is 1.68. The second-order valence-corrected chi connectivity index (χ2v) is 4.59. The van der Waals surface area contributed by atoms with Gasteiger partial charge < -0.3 is 0 Å². The van der Waals surface area contributed by atoms with Crippen molar-refractivity contribution in [1.82, 2.24) is 0 Å². The Morgan fingerprint density at radius 2 is 1.94 bits per heavy atom. The highest BCUT2D eigenvalue weighted by Crippen LogP contribution is 2.30. The Morgan fingerprint density at radius 1 is 1.11 bits per heavy atom. The number of hydrogen-bond acceptors (Lipinski definition) is 3. The summed E-state index contributed by atoms with van der Waals surface area (Å²) >= 11 is 0. The van der Waals surface area contributed by atoms with Crippen LogP contribution in [0.15, 0.2) is 30.3 Å². The van der Waals surface area contributed by atoms with Crippen LogP contribution in [0.2, 0.25) is 0 Å². The van der Waals surface area contributed by atoms with Gasteiger partial charge in [-0.1, -0.05) is 18.2 Å². The summed E-state index contributed by atoms with van der Waals surface area (Å²) in [6.45, 7) is 0. The zero-order chi connectivity index (χ0) is 12.7. The Bertz CT molecular complexity index is 676. The molecular weight excluding hydrogens is 230 g/mol. The number of fused-ring (bicyclic) bond motifs is 2. The molecule has 0 amide bonds. The molecule has 0 unspecified atom stereocenters. The number of ketones is 1. The van der Waals surface area contributed by atoms with Crippen LogP contribution >= 0.6 is 0 Å². The van der Waals surface area contributed by atoms with Crippen LogP contribution in [0.4, 0.5) is 5.69 Å². The number of Topliss-reactive ketones (excluding diaryl/α,β-unsaturated/α-hetero) is 1. The van der Waals surface area contributed by atoms with Crippen LogP contribution in [0, 0.1) is 10.1 Å². The maximum atomic E-state index is 11.4. The van der Waals surface area contributed by atoms with Crippen LogP contribution in [0.3, 0.4) is 0 Å². The van der Waals surface area contributed by atoms with E-state index in [0.29, 0.717) is 24.6 Å². The average Bonchev–Trinajstić information content (AvgIpc) is 2.35. The second kappa shape index (κ2) is 3.91. The normalized spacial score (nSPS) is 14.6. The van der Waals surface area contributed by atoms with Crippen molar-refractivity contribution in [3.8, 4) is 0 Å². The molecule has 0 aliphatic heterocycles. The van der Waals surface area contributed by atoms with E-state index in [0.717, 1.165) is 16.5 Å². The average molecular weight is 241 g/mol. The number of non-ortho nitro benzene ring substituents is 1. The third-order valence-corrected chi connectivity index (χ3v) is 3.44. The maximum absolute atomic E-state index is 11.4. The standard InChI is InChI=1S/C14H11NO3/c16-12-5-4-9-8-13-10(6-11(9)7-12)2-1-3-14(13)15(17)18/h1-3,6,8H,4-5,7H2. The summed E-state index contributed by atoms with van der Waals surface area (Å²) in [5, 5.41) is 12.5. The number of carbonyl (C=O) groups excluding carboxylic acids is 1. The molecule has 4 nitrogen and oxygen atoms in total. The molecule has 0 saturated carbocycles. The van der Waals surface area contributed by atoms with Gasteiger partial charge in [0.1, 0.15) is 5.78 Å². The third kappa shape index (κ3) is 1.66. The van der Waals surface area contributed by atoms with Crippen LogP contribution < -0.4 is 0 Å². The topological polar surface area (TPSA) is 60.2 Å². The largest absolute Gasteiger partial charge is 0.299 e. The van der Waals surface area contributed by atoms with Crippen molar-refractivity contribution in [3.63, 3.8) is 0 Å². The quantitative estimate of drug-likeness (QED) is 0.569. The fourth-order valence-corrected chi connectivity index (χ4v) is 2.53. The highest BCUT2D eigenvalue weighted by molar-refractivity contribution is 5.94. The van der Waals surface area contributed by atoms with Gasteiger partial charge in [0.15, 0.2) is 0 Å². The lowest BCUT2D eigenvalue weighted by atomic mass is 9.88. The first-order valence-corrected chi connectivity index (χ1v) is 5.86. The molecule has 0 atom stereocenters. The van der Waals surface area contributed by atoms with Gasteiger partial charge in [-0.3, -0.25) is 14.9 Å². The van der Waals surface area contributed by atoms with Gasteiger partial charge in [-0.25, -0.2) is 0 Å². The van der Waals surface area contributed by atoms with Gasteiger partial charge in [0.05, 0.1) is 10.3 Å². The molecule has 18 heavy (non-hydrogen) atoms. The molecule has 2 aromatic rings. The van der Waals surface area contributed by atoms with Gasteiger partial charge in [0, 0.05) is 18.9 Å². The Balaban J connectivity index is 2.27. The Hall–Kier alpha value is -2.23. The van der Waals surface area contributed by atoms with Gasteiger partial charge in [0.25, 0.3) is 5.69 Å². The van der Waals surface area contributed by atoms with Crippen molar-refractivity contribution in [3.05, 3.63) is 51.6 Å². The van der Waals surface area contributed by atoms with Crippen molar-refractivity contribution < 1.29 is 9.72 Å². The highest BCUT2D eigenvalue weighted by Gasteiger charge is 2.19. The van der Waals surface area contributed by atoms with Gasteiger partial charge in [-0.15, -0.1) is 0 Å². The Morgan fingerprint density at radius 3 is 2.72 bits per heavy atom. The summed E-state index contributed by atoms with van der Waals surface area (Å²) in [5.74, 6) is 0.243. The molecule has 90 valence electrons. The van der Waals surface area contributed by atoms with E-state index in [4.69, 9.17) is 0 Å². The molecule has 0 aromatic heterocycles.